The molecule has 5 heteroatoms. The van der Waals surface area contributed by atoms with Crippen LogP contribution < -0.4 is 5.32 Å². The van der Waals surface area contributed by atoms with Crippen LogP contribution in [0.1, 0.15) is 22.5 Å². The normalized spacial score (nSPS) is 20.7. The van der Waals surface area contributed by atoms with E-state index < -0.39 is 0 Å². The molecule has 2 rings (SSSR count). The number of hydrogen-bond donors (Lipinski definition) is 1. The average Bonchev–Trinajstić information content (AvgIpc) is 2.83. The number of piperidine rings is 1. The molecular formula is C11H17N3OS. The molecule has 1 amide bonds. The molecule has 1 aliphatic rings. The molecule has 1 aliphatic heterocycles. The van der Waals surface area contributed by atoms with Crippen molar-refractivity contribution in [3.8, 4) is 0 Å². The van der Waals surface area contributed by atoms with Gasteiger partial charge in [0.1, 0.15) is 4.88 Å². The smallest absolute Gasteiger partial charge is 0.265 e. The molecule has 0 spiro atoms. The predicted octanol–water partition coefficient (Wildman–Crippen LogP) is 1.21. The largest absolute Gasteiger partial charge is 0.341 e. The Morgan fingerprint density at radius 2 is 2.62 bits per heavy atom. The van der Waals surface area contributed by atoms with Crippen molar-refractivity contribution in [3.63, 3.8) is 0 Å². The molecule has 88 valence electrons. The summed E-state index contributed by atoms with van der Waals surface area (Å²) in [7, 11) is 1.87. The van der Waals surface area contributed by atoms with Gasteiger partial charge in [-0.25, -0.2) is 0 Å². The van der Waals surface area contributed by atoms with Crippen molar-refractivity contribution in [1.82, 2.24) is 15.2 Å². The van der Waals surface area contributed by atoms with Crippen LogP contribution >= 0.6 is 11.3 Å². The highest BCUT2D eigenvalue weighted by molar-refractivity contribution is 7.11. The number of nitrogens with zero attached hydrogens (tertiary/aromatic N) is 2. The van der Waals surface area contributed by atoms with Gasteiger partial charge in [0.25, 0.3) is 5.91 Å². The Kier molecular flexibility index (Phi) is 3.90. The number of carbonyl (C=O) groups is 1. The highest BCUT2D eigenvalue weighted by atomic mass is 32.1. The molecule has 0 bridgehead atoms. The Balaban J connectivity index is 1.87. The van der Waals surface area contributed by atoms with Crippen LogP contribution in [0.4, 0.5) is 0 Å². The van der Waals surface area contributed by atoms with Crippen molar-refractivity contribution in [2.45, 2.75) is 12.8 Å². The van der Waals surface area contributed by atoms with Gasteiger partial charge in [-0.3, -0.25) is 9.78 Å². The van der Waals surface area contributed by atoms with Gasteiger partial charge in [-0.1, -0.05) is 0 Å². The first-order valence-corrected chi connectivity index (χ1v) is 6.50. The molecule has 1 N–H and O–H groups in total. The van der Waals surface area contributed by atoms with Crippen LogP contribution in [0, 0.1) is 5.92 Å². The lowest BCUT2D eigenvalue weighted by molar-refractivity contribution is 0.0769. The van der Waals surface area contributed by atoms with E-state index in [1.54, 1.807) is 11.7 Å². The van der Waals surface area contributed by atoms with Crippen LogP contribution in [-0.2, 0) is 0 Å². The van der Waals surface area contributed by atoms with Gasteiger partial charge in [-0.15, -0.1) is 11.3 Å². The van der Waals surface area contributed by atoms with Gasteiger partial charge in [-0.2, -0.15) is 0 Å². The Bertz CT molecular complexity index is 333. The summed E-state index contributed by atoms with van der Waals surface area (Å²) in [5.74, 6) is 0.684. The van der Waals surface area contributed by atoms with Crippen LogP contribution in [-0.4, -0.2) is 42.5 Å². The summed E-state index contributed by atoms with van der Waals surface area (Å²) < 4.78 is 0. The van der Waals surface area contributed by atoms with Crippen LogP contribution in [0.5, 0.6) is 0 Å². The lowest BCUT2D eigenvalue weighted by Gasteiger charge is -2.27. The summed E-state index contributed by atoms with van der Waals surface area (Å²) in [6, 6.07) is 0. The van der Waals surface area contributed by atoms with E-state index >= 15 is 0 Å². The first-order chi connectivity index (χ1) is 7.77. The fourth-order valence-electron chi connectivity index (χ4n) is 2.06. The second-order valence-electron chi connectivity index (χ2n) is 4.26. The van der Waals surface area contributed by atoms with E-state index in [2.05, 4.69) is 10.3 Å². The van der Waals surface area contributed by atoms with E-state index in [1.165, 1.54) is 24.2 Å². The molecule has 0 saturated carbocycles. The van der Waals surface area contributed by atoms with Gasteiger partial charge in [0.2, 0.25) is 0 Å². The molecule has 16 heavy (non-hydrogen) atoms. The van der Waals surface area contributed by atoms with E-state index in [4.69, 9.17) is 0 Å². The molecule has 0 aliphatic carbocycles. The Labute approximate surface area is 99.7 Å². The van der Waals surface area contributed by atoms with E-state index in [0.717, 1.165) is 24.5 Å². The third kappa shape index (κ3) is 2.80. The standard InChI is InChI=1S/C11H17N3OS/c1-14(7-9-3-2-4-12-5-9)11(15)10-6-13-8-16-10/h6,8-9,12H,2-5,7H2,1H3. The SMILES string of the molecule is CN(CC1CCCNC1)C(=O)c1cncs1. The van der Waals surface area contributed by atoms with Gasteiger partial charge in [0.15, 0.2) is 0 Å². The second-order valence-corrected chi connectivity index (χ2v) is 5.15. The van der Waals surface area contributed by atoms with Gasteiger partial charge in [-0.05, 0) is 31.8 Å². The van der Waals surface area contributed by atoms with Crippen molar-refractivity contribution < 1.29 is 4.79 Å². The Hall–Kier alpha value is -0.940. The minimum Gasteiger partial charge on any atom is -0.341 e. The van der Waals surface area contributed by atoms with Crippen LogP contribution in [0.3, 0.4) is 0 Å². The van der Waals surface area contributed by atoms with Gasteiger partial charge >= 0.3 is 0 Å². The number of thiazole rings is 1. The summed E-state index contributed by atoms with van der Waals surface area (Å²) in [5, 5.41) is 3.37. The molecule has 0 radical (unpaired) electrons. The first kappa shape index (κ1) is 11.5. The zero-order chi connectivity index (χ0) is 11.4. The van der Waals surface area contributed by atoms with Crippen molar-refractivity contribution in [1.29, 1.82) is 0 Å². The molecule has 1 fully saturated rings. The number of amides is 1. The highest BCUT2D eigenvalue weighted by Gasteiger charge is 2.19. The monoisotopic (exact) mass is 239 g/mol. The zero-order valence-electron chi connectivity index (χ0n) is 9.48. The fourth-order valence-corrected chi connectivity index (χ4v) is 2.67. The van der Waals surface area contributed by atoms with E-state index in [1.807, 2.05) is 11.9 Å². The van der Waals surface area contributed by atoms with Gasteiger partial charge in [0.05, 0.1) is 11.7 Å². The summed E-state index contributed by atoms with van der Waals surface area (Å²) in [5.41, 5.74) is 1.70. The quantitative estimate of drug-likeness (QED) is 0.862. The third-order valence-electron chi connectivity index (χ3n) is 2.92. The lowest BCUT2D eigenvalue weighted by Crippen LogP contribution is -2.38. The van der Waals surface area contributed by atoms with Crippen molar-refractivity contribution in [2.75, 3.05) is 26.7 Å². The molecule has 4 nitrogen and oxygen atoms in total. The number of nitrogens with one attached hydrogen (secondary N) is 1. The molecule has 1 unspecified atom stereocenters. The third-order valence-corrected chi connectivity index (χ3v) is 3.68. The maximum Gasteiger partial charge on any atom is 0.265 e. The van der Waals surface area contributed by atoms with E-state index in [0.29, 0.717) is 5.92 Å². The average molecular weight is 239 g/mol. The summed E-state index contributed by atoms with van der Waals surface area (Å²) >= 11 is 1.40. The summed E-state index contributed by atoms with van der Waals surface area (Å²) in [6.07, 6.45) is 4.07. The van der Waals surface area contributed by atoms with E-state index in [-0.39, 0.29) is 5.91 Å². The topological polar surface area (TPSA) is 45.2 Å². The molecule has 1 atom stereocenters. The molecule has 1 saturated heterocycles. The number of carbonyl (C=O) groups excluding carboxylic acids is 1. The van der Waals surface area contributed by atoms with Crippen molar-refractivity contribution >= 4 is 17.2 Å². The first-order valence-electron chi connectivity index (χ1n) is 5.62. The number of hydrogen-bond acceptors (Lipinski definition) is 4. The minimum atomic E-state index is 0.0908. The summed E-state index contributed by atoms with van der Waals surface area (Å²) in [6.45, 7) is 2.98. The molecular weight excluding hydrogens is 222 g/mol. The van der Waals surface area contributed by atoms with Gasteiger partial charge < -0.3 is 10.2 Å². The van der Waals surface area contributed by atoms with Crippen LogP contribution in [0.15, 0.2) is 11.7 Å². The number of aromatic nitrogens is 1. The van der Waals surface area contributed by atoms with Crippen molar-refractivity contribution in [3.05, 3.63) is 16.6 Å². The molecule has 2 heterocycles. The molecule has 0 aromatic carbocycles. The minimum absolute atomic E-state index is 0.0908. The van der Waals surface area contributed by atoms with Gasteiger partial charge in [0, 0.05) is 13.6 Å². The maximum atomic E-state index is 12.0. The Morgan fingerprint density at radius 3 is 3.25 bits per heavy atom. The lowest BCUT2D eigenvalue weighted by atomic mass is 9.99. The van der Waals surface area contributed by atoms with Crippen LogP contribution in [0.25, 0.3) is 0 Å². The predicted molar refractivity (Wildman–Crippen MR) is 64.7 cm³/mol. The number of rotatable bonds is 3. The molecule has 1 aromatic rings. The van der Waals surface area contributed by atoms with Crippen LogP contribution in [0.2, 0.25) is 0 Å². The Morgan fingerprint density at radius 1 is 1.75 bits per heavy atom. The van der Waals surface area contributed by atoms with E-state index in [9.17, 15) is 4.79 Å². The van der Waals surface area contributed by atoms with Crippen molar-refractivity contribution in [2.24, 2.45) is 5.92 Å². The maximum absolute atomic E-state index is 12.0. The molecule has 1 aromatic heterocycles. The highest BCUT2D eigenvalue weighted by Crippen LogP contribution is 2.14. The zero-order valence-corrected chi connectivity index (χ0v) is 10.3. The second kappa shape index (κ2) is 5.41. The fraction of sp³-hybridized carbons (Fsp3) is 0.636. The summed E-state index contributed by atoms with van der Waals surface area (Å²) in [4.78, 5) is 18.4.